The van der Waals surface area contributed by atoms with Crippen molar-refractivity contribution in [3.05, 3.63) is 21.4 Å². The Kier molecular flexibility index (Phi) is 5.32. The minimum Gasteiger partial charge on any atom is -0.384 e. The van der Waals surface area contributed by atoms with Crippen LogP contribution in [0.15, 0.2) is 6.07 Å². The molecule has 0 aliphatic carbocycles. The zero-order chi connectivity index (χ0) is 13.7. The summed E-state index contributed by atoms with van der Waals surface area (Å²) >= 11 is 3.34. The molecular weight excluding hydrogens is 278 g/mol. The van der Waals surface area contributed by atoms with Crippen LogP contribution in [-0.4, -0.2) is 35.2 Å². The summed E-state index contributed by atoms with van der Waals surface area (Å²) in [7, 11) is 0. The summed E-state index contributed by atoms with van der Waals surface area (Å²) in [4.78, 5) is 13.7. The van der Waals surface area contributed by atoms with Crippen LogP contribution in [0.4, 0.5) is 0 Å². The Bertz CT molecular complexity index is 507. The summed E-state index contributed by atoms with van der Waals surface area (Å²) < 4.78 is 0. The Morgan fingerprint density at radius 2 is 2.26 bits per heavy atom. The summed E-state index contributed by atoms with van der Waals surface area (Å²) in [6.07, 6.45) is 2.11. The molecule has 0 saturated carbocycles. The van der Waals surface area contributed by atoms with E-state index in [1.807, 2.05) is 24.8 Å². The number of carbonyl (C=O) groups excluding carboxylic acids is 1. The first-order valence-corrected chi connectivity index (χ1v) is 8.26. The summed E-state index contributed by atoms with van der Waals surface area (Å²) in [5.74, 6) is 7.75. The number of hydrogen-bond acceptors (Lipinski definition) is 4. The fourth-order valence-electron chi connectivity index (χ4n) is 1.94. The maximum Gasteiger partial charge on any atom is 0.261 e. The number of hydrogen-bond donors (Lipinski definition) is 2. The minimum absolute atomic E-state index is 0.00190. The lowest BCUT2D eigenvalue weighted by atomic mass is 10.1. The number of aliphatic hydroxyl groups excluding tert-OH is 1. The van der Waals surface area contributed by atoms with E-state index < -0.39 is 0 Å². The van der Waals surface area contributed by atoms with Crippen LogP contribution in [0.2, 0.25) is 0 Å². The molecule has 0 spiro atoms. The number of nitrogens with one attached hydrogen (secondary N) is 1. The van der Waals surface area contributed by atoms with Gasteiger partial charge in [0.1, 0.15) is 6.61 Å². The van der Waals surface area contributed by atoms with Crippen LogP contribution in [0.1, 0.15) is 33.0 Å². The number of amides is 1. The Labute approximate surface area is 121 Å². The molecule has 1 aromatic rings. The van der Waals surface area contributed by atoms with E-state index >= 15 is 0 Å². The summed E-state index contributed by atoms with van der Waals surface area (Å²) in [5, 5.41) is 11.8. The van der Waals surface area contributed by atoms with E-state index in [1.54, 1.807) is 0 Å². The quantitative estimate of drug-likeness (QED) is 0.821. The van der Waals surface area contributed by atoms with Gasteiger partial charge in [-0.05, 0) is 42.9 Å². The van der Waals surface area contributed by atoms with E-state index in [2.05, 4.69) is 17.2 Å². The molecule has 2 heterocycles. The fourth-order valence-corrected chi connectivity index (χ4v) is 3.99. The number of thioether (sulfide) groups is 1. The van der Waals surface area contributed by atoms with Crippen molar-refractivity contribution in [1.82, 2.24) is 5.32 Å². The average molecular weight is 295 g/mol. The maximum atomic E-state index is 12.1. The topological polar surface area (TPSA) is 49.3 Å². The van der Waals surface area contributed by atoms with Crippen molar-refractivity contribution in [1.29, 1.82) is 0 Å². The molecule has 0 unspecified atom stereocenters. The van der Waals surface area contributed by atoms with Gasteiger partial charge in [-0.15, -0.1) is 11.3 Å². The second-order valence-corrected chi connectivity index (χ2v) is 6.72. The number of carbonyl (C=O) groups is 1. The van der Waals surface area contributed by atoms with Crippen LogP contribution >= 0.6 is 23.1 Å². The SMILES string of the molecule is Cc1cc(C(=O)NC2CCSCC2)sc1C#CCO. The first-order valence-electron chi connectivity index (χ1n) is 6.29. The molecule has 19 heavy (non-hydrogen) atoms. The van der Waals surface area contributed by atoms with E-state index in [4.69, 9.17) is 5.11 Å². The largest absolute Gasteiger partial charge is 0.384 e. The van der Waals surface area contributed by atoms with Gasteiger partial charge in [0.05, 0.1) is 9.75 Å². The Hall–Kier alpha value is -0.960. The molecule has 102 valence electrons. The molecule has 0 aromatic carbocycles. The van der Waals surface area contributed by atoms with Crippen molar-refractivity contribution in [2.45, 2.75) is 25.8 Å². The van der Waals surface area contributed by atoms with Crippen LogP contribution in [0.3, 0.4) is 0 Å². The van der Waals surface area contributed by atoms with Gasteiger partial charge in [0.25, 0.3) is 5.91 Å². The van der Waals surface area contributed by atoms with Crippen LogP contribution < -0.4 is 5.32 Å². The predicted molar refractivity (Wildman–Crippen MR) is 80.8 cm³/mol. The number of aliphatic hydroxyl groups is 1. The van der Waals surface area contributed by atoms with E-state index in [9.17, 15) is 4.79 Å². The van der Waals surface area contributed by atoms with Gasteiger partial charge in [0, 0.05) is 6.04 Å². The first kappa shape index (κ1) is 14.4. The lowest BCUT2D eigenvalue weighted by Crippen LogP contribution is -2.36. The monoisotopic (exact) mass is 295 g/mol. The zero-order valence-corrected chi connectivity index (χ0v) is 12.5. The summed E-state index contributed by atoms with van der Waals surface area (Å²) in [6.45, 7) is 1.78. The molecule has 1 aliphatic rings. The Morgan fingerprint density at radius 1 is 1.53 bits per heavy atom. The zero-order valence-electron chi connectivity index (χ0n) is 10.9. The third-order valence-electron chi connectivity index (χ3n) is 2.98. The smallest absolute Gasteiger partial charge is 0.261 e. The van der Waals surface area contributed by atoms with Gasteiger partial charge < -0.3 is 10.4 Å². The third kappa shape index (κ3) is 4.00. The highest BCUT2D eigenvalue weighted by molar-refractivity contribution is 7.99. The van der Waals surface area contributed by atoms with E-state index in [0.717, 1.165) is 34.8 Å². The van der Waals surface area contributed by atoms with E-state index in [1.165, 1.54) is 11.3 Å². The van der Waals surface area contributed by atoms with Gasteiger partial charge in [-0.25, -0.2) is 0 Å². The van der Waals surface area contributed by atoms with Gasteiger partial charge in [-0.1, -0.05) is 11.8 Å². The van der Waals surface area contributed by atoms with Crippen LogP contribution in [-0.2, 0) is 0 Å². The molecule has 0 atom stereocenters. The standard InChI is InChI=1S/C14H17NO2S2/c1-10-9-13(19-12(10)3-2-6-16)14(17)15-11-4-7-18-8-5-11/h9,11,16H,4-8H2,1H3,(H,15,17). The summed E-state index contributed by atoms with van der Waals surface area (Å²) in [5.41, 5.74) is 0.996. The predicted octanol–water partition coefficient (Wildman–Crippen LogP) is 2.03. The van der Waals surface area contributed by atoms with Gasteiger partial charge in [-0.2, -0.15) is 11.8 Å². The summed E-state index contributed by atoms with van der Waals surface area (Å²) in [6, 6.07) is 2.18. The fraction of sp³-hybridized carbons (Fsp3) is 0.500. The second kappa shape index (κ2) is 6.99. The molecule has 3 nitrogen and oxygen atoms in total. The van der Waals surface area contributed by atoms with Crippen LogP contribution in [0.25, 0.3) is 0 Å². The van der Waals surface area contributed by atoms with E-state index in [-0.39, 0.29) is 12.5 Å². The van der Waals surface area contributed by atoms with Crippen molar-refractivity contribution in [3.63, 3.8) is 0 Å². The number of rotatable bonds is 2. The first-order chi connectivity index (χ1) is 9.20. The lowest BCUT2D eigenvalue weighted by Gasteiger charge is -2.22. The molecule has 1 fully saturated rings. The van der Waals surface area contributed by atoms with Gasteiger partial charge >= 0.3 is 0 Å². The molecule has 5 heteroatoms. The third-order valence-corrected chi connectivity index (χ3v) is 5.18. The number of thiophene rings is 1. The molecule has 1 aromatic heterocycles. The molecule has 1 saturated heterocycles. The molecule has 0 bridgehead atoms. The highest BCUT2D eigenvalue weighted by atomic mass is 32.2. The highest BCUT2D eigenvalue weighted by Crippen LogP contribution is 2.22. The molecule has 1 aliphatic heterocycles. The van der Waals surface area contributed by atoms with Crippen molar-refractivity contribution < 1.29 is 9.90 Å². The molecule has 2 rings (SSSR count). The molecule has 1 amide bonds. The lowest BCUT2D eigenvalue weighted by molar-refractivity contribution is 0.0939. The number of aryl methyl sites for hydroxylation is 1. The van der Waals surface area contributed by atoms with Gasteiger partial charge in [-0.3, -0.25) is 4.79 Å². The molecule has 0 radical (unpaired) electrons. The Balaban J connectivity index is 2.02. The highest BCUT2D eigenvalue weighted by Gasteiger charge is 2.18. The normalized spacial score (nSPS) is 15.7. The van der Waals surface area contributed by atoms with Gasteiger partial charge in [0.2, 0.25) is 0 Å². The minimum atomic E-state index is -0.154. The van der Waals surface area contributed by atoms with Gasteiger partial charge in [0.15, 0.2) is 0 Å². The molecular formula is C14H17NO2S2. The van der Waals surface area contributed by atoms with Crippen LogP contribution in [0.5, 0.6) is 0 Å². The van der Waals surface area contributed by atoms with E-state index in [0.29, 0.717) is 10.9 Å². The maximum absolute atomic E-state index is 12.1. The van der Waals surface area contributed by atoms with Crippen molar-refractivity contribution in [3.8, 4) is 11.8 Å². The van der Waals surface area contributed by atoms with Crippen molar-refractivity contribution in [2.24, 2.45) is 0 Å². The second-order valence-electron chi connectivity index (χ2n) is 4.44. The van der Waals surface area contributed by atoms with Crippen LogP contribution in [0, 0.1) is 18.8 Å². The average Bonchev–Trinajstić information content (AvgIpc) is 2.79. The van der Waals surface area contributed by atoms with Crippen molar-refractivity contribution in [2.75, 3.05) is 18.1 Å². The van der Waals surface area contributed by atoms with Crippen molar-refractivity contribution >= 4 is 29.0 Å². The molecule has 2 N–H and O–H groups in total. The Morgan fingerprint density at radius 3 is 2.95 bits per heavy atom.